The summed E-state index contributed by atoms with van der Waals surface area (Å²) in [4.78, 5) is 23.2. The molecule has 0 aliphatic carbocycles. The van der Waals surface area contributed by atoms with Crippen molar-refractivity contribution in [2.45, 2.75) is 26.7 Å². The van der Waals surface area contributed by atoms with Crippen molar-refractivity contribution in [3.63, 3.8) is 0 Å². The molecule has 1 atom stereocenters. The summed E-state index contributed by atoms with van der Waals surface area (Å²) < 4.78 is 18.7. The number of halogens is 1. The van der Waals surface area contributed by atoms with Gasteiger partial charge in [-0.3, -0.25) is 9.59 Å². The number of hydrogen-bond donors (Lipinski definition) is 2. The highest BCUT2D eigenvalue weighted by Crippen LogP contribution is 2.25. The Hall–Kier alpha value is -2.37. The number of aliphatic carboxylic acids is 1. The number of nitrogens with one attached hydrogen (secondary N) is 1. The summed E-state index contributed by atoms with van der Waals surface area (Å²) in [6.45, 7) is 3.59. The van der Waals surface area contributed by atoms with Gasteiger partial charge in [-0.2, -0.15) is 0 Å². The average Bonchev–Trinajstić information content (AvgIpc) is 2.80. The second kappa shape index (κ2) is 6.60. The molecular formula is C16H18FNO4. The lowest BCUT2D eigenvalue weighted by Crippen LogP contribution is -2.33. The number of benzene rings is 1. The van der Waals surface area contributed by atoms with Gasteiger partial charge in [0.2, 0.25) is 0 Å². The van der Waals surface area contributed by atoms with E-state index < -0.39 is 23.6 Å². The van der Waals surface area contributed by atoms with Gasteiger partial charge in [0, 0.05) is 17.5 Å². The normalized spacial score (nSPS) is 12.3. The quantitative estimate of drug-likeness (QED) is 0.859. The molecule has 2 rings (SSSR count). The molecule has 1 amide bonds. The van der Waals surface area contributed by atoms with Gasteiger partial charge in [-0.15, -0.1) is 0 Å². The lowest BCUT2D eigenvalue weighted by molar-refractivity contribution is -0.141. The van der Waals surface area contributed by atoms with Crippen molar-refractivity contribution in [3.05, 3.63) is 35.3 Å². The number of hydrogen-bond acceptors (Lipinski definition) is 3. The zero-order valence-electron chi connectivity index (χ0n) is 12.5. The van der Waals surface area contributed by atoms with Crippen LogP contribution in [0.3, 0.4) is 0 Å². The predicted octanol–water partition coefficient (Wildman–Crippen LogP) is 3.11. The number of carbonyl (C=O) groups excluding carboxylic acids is 1. The molecular weight excluding hydrogens is 289 g/mol. The number of carboxylic acid groups (broad SMARTS) is 1. The first-order valence-corrected chi connectivity index (χ1v) is 7.13. The Kier molecular flexibility index (Phi) is 4.80. The van der Waals surface area contributed by atoms with Crippen LogP contribution in [-0.2, 0) is 4.79 Å². The van der Waals surface area contributed by atoms with Crippen molar-refractivity contribution in [3.8, 4) is 0 Å². The largest absolute Gasteiger partial charge is 0.481 e. The monoisotopic (exact) mass is 307 g/mol. The van der Waals surface area contributed by atoms with Gasteiger partial charge in [0.15, 0.2) is 5.76 Å². The standard InChI is InChI=1S/C16H18FNO4/c1-3-4-10(16(20)21)8-18-15(19)14-9(2)12-7-11(17)5-6-13(12)22-14/h5-7,10H,3-4,8H2,1-2H3,(H,18,19)(H,20,21). The molecule has 6 heteroatoms. The zero-order chi connectivity index (χ0) is 16.3. The number of carboxylic acids is 1. The van der Waals surface area contributed by atoms with Crippen LogP contribution in [0.5, 0.6) is 0 Å². The maximum atomic E-state index is 13.2. The van der Waals surface area contributed by atoms with Crippen LogP contribution in [0.2, 0.25) is 0 Å². The van der Waals surface area contributed by atoms with Crippen LogP contribution in [0, 0.1) is 18.7 Å². The van der Waals surface area contributed by atoms with Gasteiger partial charge in [-0.1, -0.05) is 13.3 Å². The van der Waals surface area contributed by atoms with Gasteiger partial charge >= 0.3 is 5.97 Å². The van der Waals surface area contributed by atoms with Crippen LogP contribution in [-0.4, -0.2) is 23.5 Å². The topological polar surface area (TPSA) is 79.5 Å². The summed E-state index contributed by atoms with van der Waals surface area (Å²) in [5, 5.41) is 12.2. The van der Waals surface area contributed by atoms with Crippen molar-refractivity contribution in [1.29, 1.82) is 0 Å². The highest BCUT2D eigenvalue weighted by molar-refractivity contribution is 5.99. The number of amides is 1. The van der Waals surface area contributed by atoms with E-state index in [-0.39, 0.29) is 12.3 Å². The Morgan fingerprint density at radius 3 is 2.77 bits per heavy atom. The molecule has 1 unspecified atom stereocenters. The first-order chi connectivity index (χ1) is 10.4. The molecule has 5 nitrogen and oxygen atoms in total. The summed E-state index contributed by atoms with van der Waals surface area (Å²) >= 11 is 0. The van der Waals surface area contributed by atoms with Gasteiger partial charge in [0.1, 0.15) is 11.4 Å². The van der Waals surface area contributed by atoms with Crippen LogP contribution in [0.4, 0.5) is 4.39 Å². The number of furan rings is 1. The second-order valence-corrected chi connectivity index (χ2v) is 5.23. The summed E-state index contributed by atoms with van der Waals surface area (Å²) in [7, 11) is 0. The minimum atomic E-state index is -0.939. The molecule has 118 valence electrons. The van der Waals surface area contributed by atoms with Crippen molar-refractivity contribution in [1.82, 2.24) is 5.32 Å². The third-order valence-corrected chi connectivity index (χ3v) is 3.60. The molecule has 0 saturated heterocycles. The molecule has 2 aromatic rings. The lowest BCUT2D eigenvalue weighted by Gasteiger charge is -2.11. The minimum absolute atomic E-state index is 0.0346. The third-order valence-electron chi connectivity index (χ3n) is 3.60. The number of aryl methyl sites for hydroxylation is 1. The first kappa shape index (κ1) is 16.0. The summed E-state index contributed by atoms with van der Waals surface area (Å²) in [5.41, 5.74) is 0.960. The van der Waals surface area contributed by atoms with E-state index >= 15 is 0 Å². The number of fused-ring (bicyclic) bond motifs is 1. The smallest absolute Gasteiger partial charge is 0.308 e. The Morgan fingerprint density at radius 2 is 2.14 bits per heavy atom. The van der Waals surface area contributed by atoms with Gasteiger partial charge in [-0.05, 0) is 31.5 Å². The Morgan fingerprint density at radius 1 is 1.41 bits per heavy atom. The van der Waals surface area contributed by atoms with E-state index in [1.165, 1.54) is 18.2 Å². The predicted molar refractivity (Wildman–Crippen MR) is 79.3 cm³/mol. The minimum Gasteiger partial charge on any atom is -0.481 e. The van der Waals surface area contributed by atoms with Crippen LogP contribution >= 0.6 is 0 Å². The molecule has 0 saturated carbocycles. The fraction of sp³-hybridized carbons (Fsp3) is 0.375. The highest BCUT2D eigenvalue weighted by Gasteiger charge is 2.21. The first-order valence-electron chi connectivity index (χ1n) is 7.13. The van der Waals surface area contributed by atoms with Crippen molar-refractivity contribution in [2.75, 3.05) is 6.54 Å². The second-order valence-electron chi connectivity index (χ2n) is 5.23. The molecule has 1 heterocycles. The van der Waals surface area contributed by atoms with E-state index in [4.69, 9.17) is 9.52 Å². The van der Waals surface area contributed by atoms with E-state index in [9.17, 15) is 14.0 Å². The van der Waals surface area contributed by atoms with Crippen molar-refractivity contribution >= 4 is 22.8 Å². The van der Waals surface area contributed by atoms with E-state index in [1.54, 1.807) is 6.92 Å². The van der Waals surface area contributed by atoms with Crippen LogP contribution in [0.25, 0.3) is 11.0 Å². The van der Waals surface area contributed by atoms with Gasteiger partial charge in [0.25, 0.3) is 5.91 Å². The fourth-order valence-electron chi connectivity index (χ4n) is 2.37. The van der Waals surface area contributed by atoms with E-state index in [2.05, 4.69) is 5.32 Å². The van der Waals surface area contributed by atoms with Gasteiger partial charge in [-0.25, -0.2) is 4.39 Å². The lowest BCUT2D eigenvalue weighted by atomic mass is 10.0. The van der Waals surface area contributed by atoms with E-state index in [1.807, 2.05) is 6.92 Å². The highest BCUT2D eigenvalue weighted by atomic mass is 19.1. The van der Waals surface area contributed by atoms with Crippen LogP contribution in [0.1, 0.15) is 35.9 Å². The summed E-state index contributed by atoms with van der Waals surface area (Å²) in [5.74, 6) is -2.38. The van der Waals surface area contributed by atoms with Crippen molar-refractivity contribution in [2.24, 2.45) is 5.92 Å². The molecule has 0 radical (unpaired) electrons. The molecule has 0 aliphatic heterocycles. The molecule has 0 bridgehead atoms. The maximum absolute atomic E-state index is 13.2. The zero-order valence-corrected chi connectivity index (χ0v) is 12.5. The van der Waals surface area contributed by atoms with Crippen LogP contribution in [0.15, 0.2) is 22.6 Å². The molecule has 1 aromatic heterocycles. The molecule has 2 N–H and O–H groups in total. The molecule has 0 spiro atoms. The van der Waals surface area contributed by atoms with E-state index in [0.717, 1.165) is 6.42 Å². The van der Waals surface area contributed by atoms with Gasteiger partial charge < -0.3 is 14.8 Å². The number of rotatable bonds is 6. The Balaban J connectivity index is 2.16. The van der Waals surface area contributed by atoms with Crippen molar-refractivity contribution < 1.29 is 23.5 Å². The molecule has 22 heavy (non-hydrogen) atoms. The molecule has 0 fully saturated rings. The average molecular weight is 307 g/mol. The fourth-order valence-corrected chi connectivity index (χ4v) is 2.37. The summed E-state index contributed by atoms with van der Waals surface area (Å²) in [6.07, 6.45) is 1.20. The Bertz CT molecular complexity index is 707. The third kappa shape index (κ3) is 3.27. The molecule has 0 aliphatic rings. The SMILES string of the molecule is CCCC(CNC(=O)c1oc2ccc(F)cc2c1C)C(=O)O. The maximum Gasteiger partial charge on any atom is 0.308 e. The number of carbonyl (C=O) groups is 2. The van der Waals surface area contributed by atoms with E-state index in [0.29, 0.717) is 23.0 Å². The summed E-state index contributed by atoms with van der Waals surface area (Å²) in [6, 6.07) is 4.03. The molecule has 1 aromatic carbocycles. The van der Waals surface area contributed by atoms with Gasteiger partial charge in [0.05, 0.1) is 5.92 Å². The Labute approximate surface area is 127 Å². The van der Waals surface area contributed by atoms with Crippen LogP contribution < -0.4 is 5.32 Å².